The van der Waals surface area contributed by atoms with Crippen LogP contribution in [-0.2, 0) is 4.79 Å². The molecule has 4 unspecified atom stereocenters. The molecule has 0 aromatic carbocycles. The number of hydrogen-bond donors (Lipinski definition) is 1. The number of hydrogen-bond acceptors (Lipinski definition) is 3. The van der Waals surface area contributed by atoms with E-state index in [4.69, 9.17) is 0 Å². The number of carbonyl (C=O) groups is 1. The fraction of sp³-hybridized carbons (Fsp3) is 0.917. The average molecular weight is 225 g/mol. The van der Waals surface area contributed by atoms with Gasteiger partial charge in [0.25, 0.3) is 0 Å². The lowest BCUT2D eigenvalue weighted by Gasteiger charge is -2.40. The Hall–Kier alpha value is -0.610. The molecule has 1 amide bonds. The van der Waals surface area contributed by atoms with E-state index in [1.54, 1.807) is 0 Å². The van der Waals surface area contributed by atoms with Crippen LogP contribution in [-0.4, -0.2) is 53.6 Å². The summed E-state index contributed by atoms with van der Waals surface area (Å²) in [7, 11) is 2.16. The number of carbonyl (C=O) groups excluding carboxylic acids is 1. The van der Waals surface area contributed by atoms with Crippen molar-refractivity contribution in [3.8, 4) is 0 Å². The van der Waals surface area contributed by atoms with Gasteiger partial charge >= 0.3 is 0 Å². The van der Waals surface area contributed by atoms with Crippen LogP contribution in [0.3, 0.4) is 0 Å². The molecule has 4 atom stereocenters. The predicted molar refractivity (Wildman–Crippen MR) is 64.0 cm³/mol. The third-order valence-corrected chi connectivity index (χ3v) is 4.11. The van der Waals surface area contributed by atoms with E-state index in [9.17, 15) is 4.79 Å². The van der Waals surface area contributed by atoms with Crippen molar-refractivity contribution >= 4 is 5.91 Å². The van der Waals surface area contributed by atoms with Gasteiger partial charge in [0, 0.05) is 18.6 Å². The standard InChI is InChI=1S/C12H23N3O/c1-8-7-11(5-6-14(8)4)15-10(3)13-9(2)12(15)16/h8-11,13H,5-7H2,1-4H3. The molecule has 0 aromatic heterocycles. The Morgan fingerprint density at radius 2 is 2.00 bits per heavy atom. The topological polar surface area (TPSA) is 35.6 Å². The summed E-state index contributed by atoms with van der Waals surface area (Å²) in [5, 5.41) is 3.30. The molecule has 2 aliphatic rings. The van der Waals surface area contributed by atoms with Gasteiger partial charge in [-0.2, -0.15) is 0 Å². The maximum Gasteiger partial charge on any atom is 0.240 e. The van der Waals surface area contributed by atoms with Crippen LogP contribution in [0, 0.1) is 0 Å². The zero-order valence-electron chi connectivity index (χ0n) is 10.7. The van der Waals surface area contributed by atoms with Crippen LogP contribution in [0.1, 0.15) is 33.6 Å². The quantitative estimate of drug-likeness (QED) is 0.711. The van der Waals surface area contributed by atoms with Gasteiger partial charge in [-0.1, -0.05) is 0 Å². The largest absolute Gasteiger partial charge is 0.323 e. The first kappa shape index (κ1) is 11.9. The summed E-state index contributed by atoms with van der Waals surface area (Å²) in [6, 6.07) is 0.991. The van der Waals surface area contributed by atoms with Crippen LogP contribution < -0.4 is 5.32 Å². The summed E-state index contributed by atoms with van der Waals surface area (Å²) >= 11 is 0. The van der Waals surface area contributed by atoms with E-state index < -0.39 is 0 Å². The maximum atomic E-state index is 12.1. The number of piperidine rings is 1. The molecule has 1 N–H and O–H groups in total. The lowest BCUT2D eigenvalue weighted by atomic mass is 9.97. The Labute approximate surface area is 98.0 Å². The monoisotopic (exact) mass is 225 g/mol. The first-order valence-electron chi connectivity index (χ1n) is 6.29. The zero-order valence-corrected chi connectivity index (χ0v) is 10.7. The minimum Gasteiger partial charge on any atom is -0.323 e. The van der Waals surface area contributed by atoms with Gasteiger partial charge in [0.05, 0.1) is 12.2 Å². The van der Waals surface area contributed by atoms with Crippen molar-refractivity contribution in [2.45, 2.75) is 57.9 Å². The van der Waals surface area contributed by atoms with Gasteiger partial charge < -0.3 is 9.80 Å². The Morgan fingerprint density at radius 1 is 1.31 bits per heavy atom. The Bertz CT molecular complexity index is 281. The van der Waals surface area contributed by atoms with Gasteiger partial charge in [-0.15, -0.1) is 0 Å². The Kier molecular flexibility index (Phi) is 3.22. The lowest BCUT2D eigenvalue weighted by molar-refractivity contribution is -0.133. The molecule has 2 rings (SSSR count). The number of rotatable bonds is 1. The predicted octanol–water partition coefficient (Wildman–Crippen LogP) is 0.635. The molecule has 2 fully saturated rings. The van der Waals surface area contributed by atoms with Crippen molar-refractivity contribution in [3.05, 3.63) is 0 Å². The molecule has 2 aliphatic heterocycles. The van der Waals surface area contributed by atoms with E-state index in [-0.39, 0.29) is 18.1 Å². The molecule has 16 heavy (non-hydrogen) atoms. The van der Waals surface area contributed by atoms with Crippen LogP contribution in [0.4, 0.5) is 0 Å². The summed E-state index contributed by atoms with van der Waals surface area (Å²) in [4.78, 5) is 16.5. The minimum atomic E-state index is -0.00929. The first-order chi connectivity index (χ1) is 7.50. The molecule has 0 radical (unpaired) electrons. The van der Waals surface area contributed by atoms with Crippen molar-refractivity contribution < 1.29 is 4.79 Å². The third-order valence-electron chi connectivity index (χ3n) is 4.11. The molecular formula is C12H23N3O. The van der Waals surface area contributed by atoms with E-state index >= 15 is 0 Å². The number of amides is 1. The van der Waals surface area contributed by atoms with E-state index in [1.165, 1.54) is 0 Å². The SMILES string of the molecule is CC1NC(C)N(C2CCN(C)C(C)C2)C1=O. The maximum absolute atomic E-state index is 12.1. The van der Waals surface area contributed by atoms with E-state index in [1.807, 2.05) is 6.92 Å². The van der Waals surface area contributed by atoms with Crippen LogP contribution in [0.2, 0.25) is 0 Å². The number of nitrogens with one attached hydrogen (secondary N) is 1. The highest BCUT2D eigenvalue weighted by Crippen LogP contribution is 2.25. The Morgan fingerprint density at radius 3 is 2.50 bits per heavy atom. The lowest BCUT2D eigenvalue weighted by Crippen LogP contribution is -2.51. The molecular weight excluding hydrogens is 202 g/mol. The Balaban J connectivity index is 2.05. The van der Waals surface area contributed by atoms with Crippen LogP contribution in [0.5, 0.6) is 0 Å². The minimum absolute atomic E-state index is 0.00929. The van der Waals surface area contributed by atoms with E-state index in [0.717, 1.165) is 19.4 Å². The summed E-state index contributed by atoms with van der Waals surface area (Å²) < 4.78 is 0. The molecule has 0 bridgehead atoms. The fourth-order valence-corrected chi connectivity index (χ4v) is 2.94. The molecule has 0 aliphatic carbocycles. The number of likely N-dealkylation sites (tertiary alicyclic amines) is 1. The fourth-order valence-electron chi connectivity index (χ4n) is 2.94. The van der Waals surface area contributed by atoms with Crippen molar-refractivity contribution in [1.29, 1.82) is 0 Å². The normalized spacial score (nSPS) is 41.8. The highest BCUT2D eigenvalue weighted by atomic mass is 16.2. The summed E-state index contributed by atoms with van der Waals surface area (Å²) in [6.45, 7) is 7.38. The van der Waals surface area contributed by atoms with Gasteiger partial charge in [-0.3, -0.25) is 10.1 Å². The van der Waals surface area contributed by atoms with Gasteiger partial charge in [0.15, 0.2) is 0 Å². The molecule has 2 saturated heterocycles. The smallest absolute Gasteiger partial charge is 0.240 e. The summed E-state index contributed by atoms with van der Waals surface area (Å²) in [5.74, 6) is 0.272. The van der Waals surface area contributed by atoms with Gasteiger partial charge in [0.1, 0.15) is 0 Å². The third kappa shape index (κ3) is 1.96. The second-order valence-corrected chi connectivity index (χ2v) is 5.32. The van der Waals surface area contributed by atoms with Crippen LogP contribution in [0.25, 0.3) is 0 Å². The molecule has 0 spiro atoms. The van der Waals surface area contributed by atoms with Crippen LogP contribution >= 0.6 is 0 Å². The van der Waals surface area contributed by atoms with Crippen LogP contribution in [0.15, 0.2) is 0 Å². The first-order valence-corrected chi connectivity index (χ1v) is 6.29. The van der Waals surface area contributed by atoms with Gasteiger partial charge in [-0.05, 0) is 40.7 Å². The van der Waals surface area contributed by atoms with E-state index in [0.29, 0.717) is 12.1 Å². The second-order valence-electron chi connectivity index (χ2n) is 5.32. The highest BCUT2D eigenvalue weighted by Gasteiger charge is 2.39. The van der Waals surface area contributed by atoms with Gasteiger partial charge in [0.2, 0.25) is 5.91 Å². The molecule has 4 heteroatoms. The van der Waals surface area contributed by atoms with E-state index in [2.05, 4.69) is 36.0 Å². The molecule has 2 heterocycles. The molecule has 4 nitrogen and oxygen atoms in total. The van der Waals surface area contributed by atoms with Crippen molar-refractivity contribution in [3.63, 3.8) is 0 Å². The second kappa shape index (κ2) is 4.34. The molecule has 0 aromatic rings. The van der Waals surface area contributed by atoms with Crippen molar-refractivity contribution in [2.24, 2.45) is 0 Å². The highest BCUT2D eigenvalue weighted by molar-refractivity contribution is 5.84. The average Bonchev–Trinajstić information content (AvgIpc) is 2.47. The molecule has 92 valence electrons. The summed E-state index contributed by atoms with van der Waals surface area (Å²) in [6.07, 6.45) is 2.40. The number of nitrogens with zero attached hydrogens (tertiary/aromatic N) is 2. The zero-order chi connectivity index (χ0) is 11.9. The van der Waals surface area contributed by atoms with Gasteiger partial charge in [-0.25, -0.2) is 0 Å². The molecule has 0 saturated carbocycles. The summed E-state index contributed by atoms with van der Waals surface area (Å²) in [5.41, 5.74) is 0. The van der Waals surface area contributed by atoms with Crippen molar-refractivity contribution in [2.75, 3.05) is 13.6 Å². The van der Waals surface area contributed by atoms with Crippen molar-refractivity contribution in [1.82, 2.24) is 15.1 Å².